The van der Waals surface area contributed by atoms with Crippen LogP contribution in [-0.4, -0.2) is 67.3 Å². The summed E-state index contributed by atoms with van der Waals surface area (Å²) in [6.45, 7) is 3.78. The third-order valence-corrected chi connectivity index (χ3v) is 5.13. The summed E-state index contributed by atoms with van der Waals surface area (Å²) in [6, 6.07) is 11.8. The Labute approximate surface area is 179 Å². The maximum Gasteiger partial charge on any atom is 0.409 e. The van der Waals surface area contributed by atoms with Crippen LogP contribution in [0.4, 0.5) is 10.5 Å². The molecule has 3 amide bonds. The van der Waals surface area contributed by atoms with E-state index in [1.165, 1.54) is 0 Å². The smallest absolute Gasteiger partial charge is 0.409 e. The highest BCUT2D eigenvalue weighted by Crippen LogP contribution is 2.32. The number of hydrogen-bond acceptors (Lipinski definition) is 6. The van der Waals surface area contributed by atoms with Gasteiger partial charge in [0.05, 0.1) is 17.9 Å². The largest absolute Gasteiger partial charge is 0.454 e. The molecule has 9 heteroatoms. The summed E-state index contributed by atoms with van der Waals surface area (Å²) in [7, 11) is 0. The summed E-state index contributed by atoms with van der Waals surface area (Å²) in [4.78, 5) is 41.0. The van der Waals surface area contributed by atoms with Crippen molar-refractivity contribution in [3.63, 3.8) is 0 Å². The number of piperazine rings is 1. The van der Waals surface area contributed by atoms with Crippen molar-refractivity contribution in [1.82, 2.24) is 9.80 Å². The zero-order valence-electron chi connectivity index (χ0n) is 17.1. The number of benzene rings is 2. The minimum atomic E-state index is -0.369. The van der Waals surface area contributed by atoms with E-state index in [2.05, 4.69) is 5.32 Å². The fraction of sp³-hybridized carbons (Fsp3) is 0.318. The summed E-state index contributed by atoms with van der Waals surface area (Å²) in [5.41, 5.74) is 1.21. The van der Waals surface area contributed by atoms with Crippen LogP contribution >= 0.6 is 0 Å². The molecule has 0 radical (unpaired) electrons. The van der Waals surface area contributed by atoms with E-state index in [0.717, 1.165) is 0 Å². The normalized spacial score (nSPS) is 14.9. The van der Waals surface area contributed by atoms with Crippen molar-refractivity contribution < 1.29 is 28.6 Å². The van der Waals surface area contributed by atoms with E-state index < -0.39 is 0 Å². The van der Waals surface area contributed by atoms with E-state index in [-0.39, 0.29) is 24.7 Å². The average Bonchev–Trinajstić information content (AvgIpc) is 3.27. The Balaban J connectivity index is 1.44. The number of nitrogens with one attached hydrogen (secondary N) is 1. The highest BCUT2D eigenvalue weighted by atomic mass is 16.7. The molecular weight excluding hydrogens is 402 g/mol. The average molecular weight is 425 g/mol. The molecule has 31 heavy (non-hydrogen) atoms. The Kier molecular flexibility index (Phi) is 5.92. The molecule has 1 N–H and O–H groups in total. The van der Waals surface area contributed by atoms with E-state index in [1.807, 2.05) is 0 Å². The van der Waals surface area contributed by atoms with Gasteiger partial charge in [-0.1, -0.05) is 12.1 Å². The molecule has 4 rings (SSSR count). The predicted octanol–water partition coefficient (Wildman–Crippen LogP) is 2.58. The van der Waals surface area contributed by atoms with Gasteiger partial charge >= 0.3 is 6.09 Å². The van der Waals surface area contributed by atoms with E-state index in [0.29, 0.717) is 61.1 Å². The molecule has 1 fully saturated rings. The summed E-state index contributed by atoms with van der Waals surface area (Å²) >= 11 is 0. The monoisotopic (exact) mass is 425 g/mol. The molecule has 2 aromatic carbocycles. The van der Waals surface area contributed by atoms with Crippen LogP contribution in [0.2, 0.25) is 0 Å². The van der Waals surface area contributed by atoms with Crippen LogP contribution in [-0.2, 0) is 4.74 Å². The Morgan fingerprint density at radius 1 is 0.968 bits per heavy atom. The standard InChI is InChI=1S/C22H23N3O6/c1-2-29-22(28)25-11-9-24(10-12-25)21(27)16-5-3-4-6-17(16)23-20(26)15-7-8-18-19(13-15)31-14-30-18/h3-8,13H,2,9-12,14H2,1H3,(H,23,26). The van der Waals surface area contributed by atoms with Gasteiger partial charge in [-0.2, -0.15) is 0 Å². The molecule has 1 saturated heterocycles. The van der Waals surface area contributed by atoms with Crippen LogP contribution in [0.3, 0.4) is 0 Å². The molecule has 2 heterocycles. The highest BCUT2D eigenvalue weighted by molar-refractivity contribution is 6.09. The first kappa shape index (κ1) is 20.5. The van der Waals surface area contributed by atoms with E-state index >= 15 is 0 Å². The second kappa shape index (κ2) is 8.95. The fourth-order valence-corrected chi connectivity index (χ4v) is 3.49. The SMILES string of the molecule is CCOC(=O)N1CCN(C(=O)c2ccccc2NC(=O)c2ccc3c(c2)OCO3)CC1. The number of anilines is 1. The van der Waals surface area contributed by atoms with Crippen molar-refractivity contribution in [3.8, 4) is 11.5 Å². The molecule has 9 nitrogen and oxygen atoms in total. The number of amides is 3. The predicted molar refractivity (Wildman–Crippen MR) is 111 cm³/mol. The number of carbonyl (C=O) groups is 3. The summed E-state index contributed by atoms with van der Waals surface area (Å²) in [5.74, 6) is 0.543. The minimum Gasteiger partial charge on any atom is -0.454 e. The topological polar surface area (TPSA) is 97.4 Å². The summed E-state index contributed by atoms with van der Waals surface area (Å²) in [5, 5.41) is 2.81. The Hall–Kier alpha value is -3.75. The van der Waals surface area contributed by atoms with Crippen LogP contribution in [0.25, 0.3) is 0 Å². The van der Waals surface area contributed by atoms with Gasteiger partial charge in [-0.25, -0.2) is 4.79 Å². The Bertz CT molecular complexity index is 1000. The summed E-state index contributed by atoms with van der Waals surface area (Å²) < 4.78 is 15.6. The van der Waals surface area contributed by atoms with Crippen molar-refractivity contribution in [2.45, 2.75) is 6.92 Å². The van der Waals surface area contributed by atoms with Crippen molar-refractivity contribution in [1.29, 1.82) is 0 Å². The van der Waals surface area contributed by atoms with Crippen LogP contribution in [0.15, 0.2) is 42.5 Å². The second-order valence-corrected chi connectivity index (χ2v) is 7.05. The lowest BCUT2D eigenvalue weighted by atomic mass is 10.1. The first-order valence-corrected chi connectivity index (χ1v) is 10.1. The van der Waals surface area contributed by atoms with Gasteiger partial charge in [0.1, 0.15) is 0 Å². The van der Waals surface area contributed by atoms with Gasteiger partial charge in [-0.15, -0.1) is 0 Å². The highest BCUT2D eigenvalue weighted by Gasteiger charge is 2.27. The molecular formula is C22H23N3O6. The van der Waals surface area contributed by atoms with E-state index in [4.69, 9.17) is 14.2 Å². The molecule has 2 aromatic rings. The molecule has 0 saturated carbocycles. The third-order valence-electron chi connectivity index (χ3n) is 5.13. The molecule has 2 aliphatic rings. The molecule has 0 bridgehead atoms. The van der Waals surface area contributed by atoms with Crippen molar-refractivity contribution in [2.24, 2.45) is 0 Å². The fourth-order valence-electron chi connectivity index (χ4n) is 3.49. The number of fused-ring (bicyclic) bond motifs is 1. The molecule has 0 unspecified atom stereocenters. The number of hydrogen-bond donors (Lipinski definition) is 1. The number of carbonyl (C=O) groups excluding carboxylic acids is 3. The van der Waals surface area contributed by atoms with Gasteiger partial charge in [0.2, 0.25) is 6.79 Å². The molecule has 0 spiro atoms. The maximum atomic E-state index is 13.1. The number of rotatable bonds is 4. The van der Waals surface area contributed by atoms with Gasteiger partial charge in [0.15, 0.2) is 11.5 Å². The lowest BCUT2D eigenvalue weighted by molar-refractivity contribution is 0.0571. The van der Waals surface area contributed by atoms with Crippen LogP contribution < -0.4 is 14.8 Å². The van der Waals surface area contributed by atoms with Gasteiger partial charge in [0, 0.05) is 31.7 Å². The quantitative estimate of drug-likeness (QED) is 0.809. The van der Waals surface area contributed by atoms with Crippen LogP contribution in [0.5, 0.6) is 11.5 Å². The van der Waals surface area contributed by atoms with Gasteiger partial charge in [-0.05, 0) is 37.3 Å². The minimum absolute atomic E-state index is 0.126. The number of ether oxygens (including phenoxy) is 3. The maximum absolute atomic E-state index is 13.1. The number of para-hydroxylation sites is 1. The second-order valence-electron chi connectivity index (χ2n) is 7.05. The molecule has 162 valence electrons. The lowest BCUT2D eigenvalue weighted by Gasteiger charge is -2.34. The summed E-state index contributed by atoms with van der Waals surface area (Å²) in [6.07, 6.45) is -0.369. The Morgan fingerprint density at radius 3 is 2.45 bits per heavy atom. The zero-order chi connectivity index (χ0) is 21.8. The Morgan fingerprint density at radius 2 is 1.68 bits per heavy atom. The zero-order valence-corrected chi connectivity index (χ0v) is 17.1. The van der Waals surface area contributed by atoms with Gasteiger partial charge < -0.3 is 29.3 Å². The first-order chi connectivity index (χ1) is 15.1. The third kappa shape index (κ3) is 4.40. The van der Waals surface area contributed by atoms with Crippen LogP contribution in [0.1, 0.15) is 27.6 Å². The van der Waals surface area contributed by atoms with Crippen molar-refractivity contribution >= 4 is 23.6 Å². The van der Waals surface area contributed by atoms with Crippen molar-refractivity contribution in [3.05, 3.63) is 53.6 Å². The van der Waals surface area contributed by atoms with Gasteiger partial charge in [0.25, 0.3) is 11.8 Å². The molecule has 0 aromatic heterocycles. The molecule has 0 atom stereocenters. The number of nitrogens with zero attached hydrogens (tertiary/aromatic N) is 2. The molecule has 0 aliphatic carbocycles. The lowest BCUT2D eigenvalue weighted by Crippen LogP contribution is -2.50. The first-order valence-electron chi connectivity index (χ1n) is 10.1. The van der Waals surface area contributed by atoms with E-state index in [9.17, 15) is 14.4 Å². The van der Waals surface area contributed by atoms with Crippen LogP contribution in [0, 0.1) is 0 Å². The molecule has 2 aliphatic heterocycles. The van der Waals surface area contributed by atoms with E-state index in [1.54, 1.807) is 59.2 Å². The van der Waals surface area contributed by atoms with Gasteiger partial charge in [-0.3, -0.25) is 9.59 Å². The van der Waals surface area contributed by atoms with Crippen molar-refractivity contribution in [2.75, 3.05) is 44.9 Å².